The van der Waals surface area contributed by atoms with Crippen molar-refractivity contribution < 1.29 is 5.11 Å². The SMILES string of the molecule is Cc1nc2ccc(C(CO)C(C)C)cc2s1. The largest absolute Gasteiger partial charge is 0.396 e. The number of nitrogens with zero attached hydrogens (tertiary/aromatic N) is 1. The van der Waals surface area contributed by atoms with E-state index < -0.39 is 0 Å². The van der Waals surface area contributed by atoms with Crippen molar-refractivity contribution >= 4 is 21.6 Å². The molecule has 2 rings (SSSR count). The zero-order valence-electron chi connectivity index (χ0n) is 9.90. The number of rotatable bonds is 3. The number of aliphatic hydroxyl groups excluding tert-OH is 1. The lowest BCUT2D eigenvalue weighted by Crippen LogP contribution is -2.10. The fraction of sp³-hybridized carbons (Fsp3) is 0.462. The molecular formula is C13H17NOS. The van der Waals surface area contributed by atoms with E-state index in [0.29, 0.717) is 5.92 Å². The zero-order chi connectivity index (χ0) is 11.7. The Morgan fingerprint density at radius 2 is 2.12 bits per heavy atom. The molecule has 1 aromatic heterocycles. The maximum atomic E-state index is 9.41. The van der Waals surface area contributed by atoms with Crippen LogP contribution in [0.2, 0.25) is 0 Å². The van der Waals surface area contributed by atoms with Gasteiger partial charge in [0.15, 0.2) is 0 Å². The molecule has 0 aliphatic carbocycles. The van der Waals surface area contributed by atoms with Gasteiger partial charge in [0.2, 0.25) is 0 Å². The molecule has 0 aliphatic rings. The Kier molecular flexibility index (Phi) is 3.26. The average Bonchev–Trinajstić information content (AvgIpc) is 2.57. The van der Waals surface area contributed by atoms with Gasteiger partial charge in [-0.25, -0.2) is 4.98 Å². The Morgan fingerprint density at radius 1 is 1.38 bits per heavy atom. The van der Waals surface area contributed by atoms with Crippen molar-refractivity contribution in [1.82, 2.24) is 4.98 Å². The second kappa shape index (κ2) is 4.52. The predicted molar refractivity (Wildman–Crippen MR) is 69.0 cm³/mol. The molecule has 1 heterocycles. The molecule has 16 heavy (non-hydrogen) atoms. The molecule has 2 nitrogen and oxygen atoms in total. The van der Waals surface area contributed by atoms with Crippen LogP contribution in [0, 0.1) is 12.8 Å². The van der Waals surface area contributed by atoms with E-state index in [0.717, 1.165) is 10.5 Å². The highest BCUT2D eigenvalue weighted by molar-refractivity contribution is 7.18. The zero-order valence-corrected chi connectivity index (χ0v) is 10.7. The molecule has 0 radical (unpaired) electrons. The Hall–Kier alpha value is -0.930. The summed E-state index contributed by atoms with van der Waals surface area (Å²) in [4.78, 5) is 4.44. The monoisotopic (exact) mass is 235 g/mol. The molecule has 0 spiro atoms. The van der Waals surface area contributed by atoms with Crippen LogP contribution in [0.3, 0.4) is 0 Å². The van der Waals surface area contributed by atoms with E-state index in [1.54, 1.807) is 11.3 Å². The van der Waals surface area contributed by atoms with E-state index in [9.17, 15) is 5.11 Å². The minimum absolute atomic E-state index is 0.209. The third-order valence-electron chi connectivity index (χ3n) is 2.95. The molecule has 3 heteroatoms. The quantitative estimate of drug-likeness (QED) is 0.885. The smallest absolute Gasteiger partial charge is 0.0907 e. The fourth-order valence-electron chi connectivity index (χ4n) is 1.99. The van der Waals surface area contributed by atoms with Crippen molar-refractivity contribution in [2.24, 2.45) is 5.92 Å². The van der Waals surface area contributed by atoms with Gasteiger partial charge in [-0.2, -0.15) is 0 Å². The maximum absolute atomic E-state index is 9.41. The molecule has 0 amide bonds. The van der Waals surface area contributed by atoms with E-state index in [1.807, 2.05) is 6.92 Å². The van der Waals surface area contributed by atoms with Gasteiger partial charge in [-0.15, -0.1) is 11.3 Å². The van der Waals surface area contributed by atoms with Crippen LogP contribution in [-0.4, -0.2) is 16.7 Å². The van der Waals surface area contributed by atoms with Crippen LogP contribution in [0.15, 0.2) is 18.2 Å². The highest BCUT2D eigenvalue weighted by Gasteiger charge is 2.15. The molecule has 0 fully saturated rings. The number of hydrogen-bond acceptors (Lipinski definition) is 3. The number of aryl methyl sites for hydroxylation is 1. The summed E-state index contributed by atoms with van der Waals surface area (Å²) in [6.07, 6.45) is 0. The van der Waals surface area contributed by atoms with Crippen LogP contribution in [0.4, 0.5) is 0 Å². The lowest BCUT2D eigenvalue weighted by molar-refractivity contribution is 0.237. The predicted octanol–water partition coefficient (Wildman–Crippen LogP) is 3.34. The first-order valence-corrected chi connectivity index (χ1v) is 6.41. The first kappa shape index (κ1) is 11.6. The summed E-state index contributed by atoms with van der Waals surface area (Å²) in [5.41, 5.74) is 2.28. The third kappa shape index (κ3) is 2.11. The van der Waals surface area contributed by atoms with Gasteiger partial charge in [0.1, 0.15) is 0 Å². The maximum Gasteiger partial charge on any atom is 0.0907 e. The van der Waals surface area contributed by atoms with Gasteiger partial charge in [-0.3, -0.25) is 0 Å². The van der Waals surface area contributed by atoms with Crippen LogP contribution >= 0.6 is 11.3 Å². The van der Waals surface area contributed by atoms with Gasteiger partial charge in [-0.05, 0) is 30.5 Å². The molecule has 86 valence electrons. The van der Waals surface area contributed by atoms with Crippen molar-refractivity contribution in [1.29, 1.82) is 0 Å². The summed E-state index contributed by atoms with van der Waals surface area (Å²) in [6.45, 7) is 6.52. The molecule has 0 bridgehead atoms. The standard InChI is InChI=1S/C13H17NOS/c1-8(2)11(7-15)10-4-5-12-13(6-10)16-9(3)14-12/h4-6,8,11,15H,7H2,1-3H3. The molecule has 1 N–H and O–H groups in total. The van der Waals surface area contributed by atoms with Crippen LogP contribution in [0.25, 0.3) is 10.2 Å². The normalized spacial score (nSPS) is 13.6. The number of benzene rings is 1. The Labute approximate surface area is 100.0 Å². The summed E-state index contributed by atoms with van der Waals surface area (Å²) in [5.74, 6) is 0.684. The molecule has 0 aliphatic heterocycles. The van der Waals surface area contributed by atoms with Gasteiger partial charge in [0.05, 0.1) is 21.8 Å². The number of aliphatic hydroxyl groups is 1. The molecular weight excluding hydrogens is 218 g/mol. The molecule has 0 saturated carbocycles. The van der Waals surface area contributed by atoms with Crippen LogP contribution in [0.1, 0.15) is 30.3 Å². The van der Waals surface area contributed by atoms with Gasteiger partial charge < -0.3 is 5.11 Å². The fourth-order valence-corrected chi connectivity index (χ4v) is 2.86. The van der Waals surface area contributed by atoms with E-state index in [4.69, 9.17) is 0 Å². The minimum atomic E-state index is 0.209. The summed E-state index contributed by atoms with van der Waals surface area (Å²) in [7, 11) is 0. The van der Waals surface area contributed by atoms with Crippen molar-refractivity contribution in [3.05, 3.63) is 28.8 Å². The highest BCUT2D eigenvalue weighted by Crippen LogP contribution is 2.29. The van der Waals surface area contributed by atoms with Gasteiger partial charge in [0, 0.05) is 5.92 Å². The molecule has 1 unspecified atom stereocenters. The number of thiazole rings is 1. The van der Waals surface area contributed by atoms with Crippen LogP contribution in [-0.2, 0) is 0 Å². The summed E-state index contributed by atoms with van der Waals surface area (Å²) >= 11 is 1.71. The van der Waals surface area contributed by atoms with Gasteiger partial charge in [0.25, 0.3) is 0 Å². The summed E-state index contributed by atoms with van der Waals surface area (Å²) < 4.78 is 1.22. The number of aromatic nitrogens is 1. The molecule has 1 atom stereocenters. The Morgan fingerprint density at radius 3 is 2.75 bits per heavy atom. The molecule has 2 aromatic rings. The lowest BCUT2D eigenvalue weighted by Gasteiger charge is -2.18. The number of fused-ring (bicyclic) bond motifs is 1. The second-order valence-corrected chi connectivity index (χ2v) is 5.73. The molecule has 0 saturated heterocycles. The average molecular weight is 235 g/mol. The van der Waals surface area contributed by atoms with E-state index in [1.165, 1.54) is 10.3 Å². The summed E-state index contributed by atoms with van der Waals surface area (Å²) in [6, 6.07) is 6.31. The first-order chi connectivity index (χ1) is 7.61. The van der Waals surface area contributed by atoms with Gasteiger partial charge in [-0.1, -0.05) is 19.9 Å². The summed E-state index contributed by atoms with van der Waals surface area (Å²) in [5, 5.41) is 10.5. The van der Waals surface area contributed by atoms with E-state index >= 15 is 0 Å². The number of hydrogen-bond donors (Lipinski definition) is 1. The Bertz CT molecular complexity index is 490. The topological polar surface area (TPSA) is 33.1 Å². The Balaban J connectivity index is 2.44. The third-order valence-corrected chi connectivity index (χ3v) is 3.88. The highest BCUT2D eigenvalue weighted by atomic mass is 32.1. The van der Waals surface area contributed by atoms with E-state index in [2.05, 4.69) is 37.0 Å². The van der Waals surface area contributed by atoms with Crippen molar-refractivity contribution in [3.8, 4) is 0 Å². The van der Waals surface area contributed by atoms with Gasteiger partial charge >= 0.3 is 0 Å². The minimum Gasteiger partial charge on any atom is -0.396 e. The second-order valence-electron chi connectivity index (χ2n) is 4.49. The first-order valence-electron chi connectivity index (χ1n) is 5.59. The molecule has 1 aromatic carbocycles. The van der Waals surface area contributed by atoms with Crippen LogP contribution in [0.5, 0.6) is 0 Å². The van der Waals surface area contributed by atoms with Crippen LogP contribution < -0.4 is 0 Å². The van der Waals surface area contributed by atoms with Crippen molar-refractivity contribution in [2.75, 3.05) is 6.61 Å². The van der Waals surface area contributed by atoms with E-state index in [-0.39, 0.29) is 12.5 Å². The lowest BCUT2D eigenvalue weighted by atomic mass is 9.89. The van der Waals surface area contributed by atoms with Crippen molar-refractivity contribution in [3.63, 3.8) is 0 Å². The van der Waals surface area contributed by atoms with Crippen molar-refractivity contribution in [2.45, 2.75) is 26.7 Å².